The van der Waals surface area contributed by atoms with Gasteiger partial charge in [0.1, 0.15) is 5.03 Å². The third-order valence-corrected chi connectivity index (χ3v) is 3.89. The minimum Gasteiger partial charge on any atom is -0.259 e. The average Bonchev–Trinajstić information content (AvgIpc) is 2.48. The molecule has 0 atom stereocenters. The lowest BCUT2D eigenvalue weighted by Gasteiger charge is -2.03. The summed E-state index contributed by atoms with van der Waals surface area (Å²) in [6.45, 7) is 3.94. The second-order valence-corrected chi connectivity index (χ2v) is 6.46. The molecule has 5 nitrogen and oxygen atoms in total. The number of nitrogens with zero attached hydrogens (tertiary/aromatic N) is 3. The van der Waals surface area contributed by atoms with Crippen LogP contribution in [0.2, 0.25) is 0 Å². The summed E-state index contributed by atoms with van der Waals surface area (Å²) in [7, 11) is 0. The Hall–Kier alpha value is -1.86. The number of hydrogen-bond donors (Lipinski definition) is 1. The van der Waals surface area contributed by atoms with Gasteiger partial charge in [-0.3, -0.25) is 4.79 Å². The molecular formula is C15H16N4OS2. The van der Waals surface area contributed by atoms with Crippen LogP contribution < -0.4 is 5.43 Å². The number of carbonyl (C=O) groups is 1. The van der Waals surface area contributed by atoms with Crippen molar-refractivity contribution in [2.24, 2.45) is 5.10 Å². The average molecular weight is 332 g/mol. The standard InChI is InChI=1S/C15H16N4OS2/c1-3-21-13-9-11(2)17-14(18-13)22-15(20)19-16-10-12-7-5-4-6-8-12/h4-10H,3H2,1-2H3,(H,19,20). The lowest BCUT2D eigenvalue weighted by atomic mass is 10.2. The lowest BCUT2D eigenvalue weighted by molar-refractivity contribution is 0.261. The molecule has 1 aromatic carbocycles. The van der Waals surface area contributed by atoms with Crippen molar-refractivity contribution in [1.82, 2.24) is 15.4 Å². The minimum absolute atomic E-state index is 0.315. The van der Waals surface area contributed by atoms with Gasteiger partial charge >= 0.3 is 5.24 Å². The van der Waals surface area contributed by atoms with E-state index in [2.05, 4.69) is 27.4 Å². The Bertz CT molecular complexity index is 662. The van der Waals surface area contributed by atoms with Crippen LogP contribution in [0.25, 0.3) is 0 Å². The van der Waals surface area contributed by atoms with Gasteiger partial charge in [-0.05, 0) is 24.3 Å². The molecular weight excluding hydrogens is 316 g/mol. The Morgan fingerprint density at radius 3 is 2.82 bits per heavy atom. The van der Waals surface area contributed by atoms with Crippen LogP contribution in [0.15, 0.2) is 51.7 Å². The van der Waals surface area contributed by atoms with Gasteiger partial charge in [-0.25, -0.2) is 15.4 Å². The first-order chi connectivity index (χ1) is 10.7. The molecule has 22 heavy (non-hydrogen) atoms. The number of rotatable bonds is 5. The molecule has 0 bridgehead atoms. The fourth-order valence-corrected chi connectivity index (χ4v) is 2.94. The summed E-state index contributed by atoms with van der Waals surface area (Å²) in [4.78, 5) is 20.4. The summed E-state index contributed by atoms with van der Waals surface area (Å²) in [6.07, 6.45) is 1.59. The van der Waals surface area contributed by atoms with Gasteiger partial charge in [-0.15, -0.1) is 11.8 Å². The SMILES string of the molecule is CCSc1cc(C)nc(SC(=O)NN=Cc2ccccc2)n1. The van der Waals surface area contributed by atoms with E-state index in [0.717, 1.165) is 33.8 Å². The zero-order valence-electron chi connectivity index (χ0n) is 12.3. The molecule has 0 spiro atoms. The number of aromatic nitrogens is 2. The summed E-state index contributed by atoms with van der Waals surface area (Å²) >= 11 is 2.55. The van der Waals surface area contributed by atoms with Crippen LogP contribution in [0.1, 0.15) is 18.2 Å². The molecule has 1 heterocycles. The van der Waals surface area contributed by atoms with Gasteiger partial charge in [-0.1, -0.05) is 37.3 Å². The molecule has 0 saturated carbocycles. The first-order valence-corrected chi connectivity index (χ1v) is 8.52. The van der Waals surface area contributed by atoms with Gasteiger partial charge in [0, 0.05) is 17.5 Å². The maximum Gasteiger partial charge on any atom is 0.306 e. The van der Waals surface area contributed by atoms with Crippen LogP contribution >= 0.6 is 23.5 Å². The summed E-state index contributed by atoms with van der Waals surface area (Å²) in [6, 6.07) is 11.5. The van der Waals surface area contributed by atoms with E-state index in [4.69, 9.17) is 0 Å². The third-order valence-electron chi connectivity index (χ3n) is 2.46. The number of hydrazone groups is 1. The maximum absolute atomic E-state index is 11.8. The molecule has 0 aliphatic heterocycles. The zero-order chi connectivity index (χ0) is 15.8. The van der Waals surface area contributed by atoms with Crippen molar-refractivity contribution in [1.29, 1.82) is 0 Å². The molecule has 1 amide bonds. The Kier molecular flexibility index (Phi) is 6.42. The van der Waals surface area contributed by atoms with E-state index < -0.39 is 0 Å². The Morgan fingerprint density at radius 2 is 2.09 bits per heavy atom. The van der Waals surface area contributed by atoms with Crippen molar-refractivity contribution in [2.75, 3.05) is 5.75 Å². The van der Waals surface area contributed by atoms with Crippen molar-refractivity contribution in [2.45, 2.75) is 24.0 Å². The monoisotopic (exact) mass is 332 g/mol. The fraction of sp³-hybridized carbons (Fsp3) is 0.200. The van der Waals surface area contributed by atoms with Crippen LogP contribution in [-0.2, 0) is 0 Å². The van der Waals surface area contributed by atoms with E-state index >= 15 is 0 Å². The van der Waals surface area contributed by atoms with Crippen LogP contribution in [0.5, 0.6) is 0 Å². The van der Waals surface area contributed by atoms with Gasteiger partial charge in [0.2, 0.25) is 0 Å². The summed E-state index contributed by atoms with van der Waals surface area (Å²) in [5.41, 5.74) is 4.22. The van der Waals surface area contributed by atoms with Crippen molar-refractivity contribution in [3.8, 4) is 0 Å². The van der Waals surface area contributed by atoms with Gasteiger partial charge < -0.3 is 0 Å². The molecule has 1 aromatic heterocycles. The highest BCUT2D eigenvalue weighted by atomic mass is 32.2. The Labute approximate surface area is 138 Å². The first-order valence-electron chi connectivity index (χ1n) is 6.72. The van der Waals surface area contributed by atoms with E-state index in [9.17, 15) is 4.79 Å². The second kappa shape index (κ2) is 8.55. The highest BCUT2D eigenvalue weighted by molar-refractivity contribution is 8.13. The summed E-state index contributed by atoms with van der Waals surface area (Å²) in [5, 5.41) is 4.91. The number of hydrogen-bond acceptors (Lipinski definition) is 6. The second-order valence-electron chi connectivity index (χ2n) is 4.23. The fourth-order valence-electron chi connectivity index (χ4n) is 1.59. The van der Waals surface area contributed by atoms with Crippen LogP contribution in [-0.4, -0.2) is 27.2 Å². The van der Waals surface area contributed by atoms with E-state index in [1.54, 1.807) is 18.0 Å². The van der Waals surface area contributed by atoms with Crippen LogP contribution in [0, 0.1) is 6.92 Å². The molecule has 0 fully saturated rings. The van der Waals surface area contributed by atoms with E-state index in [1.165, 1.54) is 0 Å². The molecule has 2 aromatic rings. The molecule has 0 aliphatic carbocycles. The smallest absolute Gasteiger partial charge is 0.259 e. The molecule has 114 valence electrons. The molecule has 0 unspecified atom stereocenters. The lowest BCUT2D eigenvalue weighted by Crippen LogP contribution is -2.12. The number of thioether (sulfide) groups is 2. The van der Waals surface area contributed by atoms with Crippen molar-refractivity contribution >= 4 is 35.0 Å². The predicted molar refractivity (Wildman–Crippen MR) is 91.6 cm³/mol. The highest BCUT2D eigenvalue weighted by Crippen LogP contribution is 2.20. The van der Waals surface area contributed by atoms with Gasteiger partial charge in [0.25, 0.3) is 0 Å². The van der Waals surface area contributed by atoms with Crippen molar-refractivity contribution in [3.63, 3.8) is 0 Å². The van der Waals surface area contributed by atoms with Crippen molar-refractivity contribution < 1.29 is 4.79 Å². The zero-order valence-corrected chi connectivity index (χ0v) is 13.9. The molecule has 0 radical (unpaired) electrons. The summed E-state index contributed by atoms with van der Waals surface area (Å²) in [5.74, 6) is 0.925. The number of carbonyl (C=O) groups excluding carboxylic acids is 1. The minimum atomic E-state index is -0.315. The van der Waals surface area contributed by atoms with Gasteiger partial charge in [0.05, 0.1) is 6.21 Å². The quantitative estimate of drug-likeness (QED) is 0.297. The number of aryl methyl sites for hydroxylation is 1. The van der Waals surface area contributed by atoms with E-state index in [1.807, 2.05) is 43.3 Å². The number of nitrogens with one attached hydrogen (secondary N) is 1. The summed E-state index contributed by atoms with van der Waals surface area (Å²) < 4.78 is 0. The van der Waals surface area contributed by atoms with Gasteiger partial charge in [-0.2, -0.15) is 5.10 Å². The van der Waals surface area contributed by atoms with E-state index in [0.29, 0.717) is 5.16 Å². The highest BCUT2D eigenvalue weighted by Gasteiger charge is 2.08. The van der Waals surface area contributed by atoms with Crippen LogP contribution in [0.3, 0.4) is 0 Å². The molecule has 0 saturated heterocycles. The molecule has 1 N–H and O–H groups in total. The van der Waals surface area contributed by atoms with Gasteiger partial charge in [0.15, 0.2) is 5.16 Å². The Balaban J connectivity index is 1.93. The van der Waals surface area contributed by atoms with E-state index in [-0.39, 0.29) is 5.24 Å². The normalized spacial score (nSPS) is 10.8. The third kappa shape index (κ3) is 5.50. The predicted octanol–water partition coefficient (Wildman–Crippen LogP) is 3.73. The topological polar surface area (TPSA) is 67.2 Å². The Morgan fingerprint density at radius 1 is 1.32 bits per heavy atom. The molecule has 7 heteroatoms. The van der Waals surface area contributed by atoms with Crippen LogP contribution in [0.4, 0.5) is 4.79 Å². The molecule has 2 rings (SSSR count). The maximum atomic E-state index is 11.8. The first kappa shape index (κ1) is 16.5. The number of benzene rings is 1. The number of amides is 1. The molecule has 0 aliphatic rings. The largest absolute Gasteiger partial charge is 0.306 e. The van der Waals surface area contributed by atoms with Crippen molar-refractivity contribution in [3.05, 3.63) is 47.7 Å².